The molecule has 1 heterocycles. The van der Waals surface area contributed by atoms with Crippen molar-refractivity contribution in [3.63, 3.8) is 0 Å². The first-order chi connectivity index (χ1) is 15.3. The normalized spacial score (nSPS) is 14.2. The molecule has 6 nitrogen and oxygen atoms in total. The van der Waals surface area contributed by atoms with E-state index in [0.29, 0.717) is 11.3 Å². The second kappa shape index (κ2) is 8.97. The SMILES string of the molecule is CCOc1cc(C2=NS(=O)(=O)c3ccccc3N2)cc(Cl)c1OCc1c(F)cccc1Cl. The smallest absolute Gasteiger partial charge is 0.286 e. The van der Waals surface area contributed by atoms with Crippen molar-refractivity contribution < 1.29 is 22.3 Å². The molecule has 32 heavy (non-hydrogen) atoms. The van der Waals surface area contributed by atoms with E-state index >= 15 is 0 Å². The molecule has 166 valence electrons. The van der Waals surface area contributed by atoms with Crippen molar-refractivity contribution in [2.24, 2.45) is 4.40 Å². The van der Waals surface area contributed by atoms with Crippen LogP contribution in [0.5, 0.6) is 11.5 Å². The number of nitrogens with one attached hydrogen (secondary N) is 1. The number of sulfonamides is 1. The van der Waals surface area contributed by atoms with Crippen LogP contribution >= 0.6 is 23.2 Å². The first-order valence-electron chi connectivity index (χ1n) is 9.53. The highest BCUT2D eigenvalue weighted by atomic mass is 35.5. The Bertz CT molecular complexity index is 1310. The Labute approximate surface area is 194 Å². The van der Waals surface area contributed by atoms with Gasteiger partial charge in [-0.05, 0) is 43.3 Å². The lowest BCUT2D eigenvalue weighted by Gasteiger charge is -2.20. The van der Waals surface area contributed by atoms with Gasteiger partial charge >= 0.3 is 0 Å². The van der Waals surface area contributed by atoms with Crippen LogP contribution < -0.4 is 14.8 Å². The van der Waals surface area contributed by atoms with Crippen molar-refractivity contribution in [1.82, 2.24) is 0 Å². The fourth-order valence-corrected chi connectivity index (χ4v) is 4.78. The molecule has 0 spiro atoms. The van der Waals surface area contributed by atoms with E-state index in [-0.39, 0.29) is 51.1 Å². The zero-order valence-electron chi connectivity index (χ0n) is 16.7. The predicted molar refractivity (Wildman–Crippen MR) is 122 cm³/mol. The molecule has 0 amide bonds. The third-order valence-corrected chi connectivity index (χ3v) is 6.60. The summed E-state index contributed by atoms with van der Waals surface area (Å²) in [4.78, 5) is 0.0848. The molecule has 0 unspecified atom stereocenters. The monoisotopic (exact) mass is 494 g/mol. The minimum atomic E-state index is -3.89. The molecule has 0 fully saturated rings. The van der Waals surface area contributed by atoms with Gasteiger partial charge in [-0.3, -0.25) is 0 Å². The zero-order valence-corrected chi connectivity index (χ0v) is 19.1. The zero-order chi connectivity index (χ0) is 22.9. The third kappa shape index (κ3) is 4.39. The highest BCUT2D eigenvalue weighted by Gasteiger charge is 2.26. The molecular formula is C22H17Cl2FN2O4S. The summed E-state index contributed by atoms with van der Waals surface area (Å²) in [6, 6.07) is 13.8. The van der Waals surface area contributed by atoms with Gasteiger partial charge in [0, 0.05) is 11.1 Å². The molecule has 0 bridgehead atoms. The molecule has 3 aromatic carbocycles. The van der Waals surface area contributed by atoms with E-state index in [9.17, 15) is 12.8 Å². The molecule has 3 aromatic rings. The molecule has 0 saturated heterocycles. The average Bonchev–Trinajstić information content (AvgIpc) is 2.74. The van der Waals surface area contributed by atoms with Crippen molar-refractivity contribution in [3.8, 4) is 11.5 Å². The van der Waals surface area contributed by atoms with Gasteiger partial charge in [-0.1, -0.05) is 41.4 Å². The van der Waals surface area contributed by atoms with Gasteiger partial charge in [0.15, 0.2) is 17.3 Å². The summed E-state index contributed by atoms with van der Waals surface area (Å²) < 4.78 is 54.5. The van der Waals surface area contributed by atoms with Crippen LogP contribution in [0.3, 0.4) is 0 Å². The molecule has 4 rings (SSSR count). The summed E-state index contributed by atoms with van der Waals surface area (Å²) in [5.74, 6) is 0.0163. The number of hydrogen-bond donors (Lipinski definition) is 1. The first kappa shape index (κ1) is 22.4. The standard InChI is InChI=1S/C22H17Cl2FN2O4S/c1-2-30-19-11-13(22-26-18-8-3-4-9-20(18)32(28,29)27-22)10-16(24)21(19)31-12-14-15(23)6-5-7-17(14)25/h3-11H,2,12H2,1H3,(H,26,27). The molecule has 0 atom stereocenters. The van der Waals surface area contributed by atoms with Crippen molar-refractivity contribution in [3.05, 3.63) is 81.6 Å². The van der Waals surface area contributed by atoms with E-state index in [1.165, 1.54) is 24.3 Å². The van der Waals surface area contributed by atoms with Gasteiger partial charge < -0.3 is 14.8 Å². The number of para-hydroxylation sites is 1. The number of rotatable bonds is 6. The van der Waals surface area contributed by atoms with Gasteiger partial charge in [-0.15, -0.1) is 4.40 Å². The van der Waals surface area contributed by atoms with Crippen LogP contribution in [-0.4, -0.2) is 20.9 Å². The summed E-state index contributed by atoms with van der Waals surface area (Å²) >= 11 is 12.5. The minimum absolute atomic E-state index is 0.0848. The van der Waals surface area contributed by atoms with Crippen LogP contribution in [0, 0.1) is 5.82 Å². The topological polar surface area (TPSA) is 77.0 Å². The number of halogens is 3. The number of fused-ring (bicyclic) bond motifs is 1. The number of anilines is 1. The molecule has 1 aliphatic heterocycles. The number of benzene rings is 3. The van der Waals surface area contributed by atoms with Gasteiger partial charge in [0.25, 0.3) is 10.0 Å². The quantitative estimate of drug-likeness (QED) is 0.477. The maximum Gasteiger partial charge on any atom is 0.286 e. The fourth-order valence-electron chi connectivity index (χ4n) is 3.16. The Hall–Kier alpha value is -2.81. The predicted octanol–water partition coefficient (Wildman–Crippen LogP) is 5.67. The summed E-state index contributed by atoms with van der Waals surface area (Å²) in [7, 11) is -3.89. The van der Waals surface area contributed by atoms with Gasteiger partial charge in [0.1, 0.15) is 17.3 Å². The Morgan fingerprint density at radius 2 is 1.81 bits per heavy atom. The second-order valence-electron chi connectivity index (χ2n) is 6.74. The molecule has 0 radical (unpaired) electrons. The van der Waals surface area contributed by atoms with E-state index in [4.69, 9.17) is 32.7 Å². The summed E-state index contributed by atoms with van der Waals surface area (Å²) in [5, 5.41) is 3.37. The maximum absolute atomic E-state index is 14.1. The van der Waals surface area contributed by atoms with Crippen LogP contribution in [0.2, 0.25) is 10.0 Å². The number of amidine groups is 1. The summed E-state index contributed by atoms with van der Waals surface area (Å²) in [6.07, 6.45) is 0. The molecule has 1 N–H and O–H groups in total. The Balaban J connectivity index is 1.70. The third-order valence-electron chi connectivity index (χ3n) is 4.63. The van der Waals surface area contributed by atoms with Crippen LogP contribution in [-0.2, 0) is 16.6 Å². The Kier molecular flexibility index (Phi) is 6.28. The van der Waals surface area contributed by atoms with Gasteiger partial charge in [0.2, 0.25) is 0 Å². The van der Waals surface area contributed by atoms with Crippen molar-refractivity contribution >= 4 is 44.7 Å². The molecule has 1 aliphatic rings. The lowest BCUT2D eigenvalue weighted by Crippen LogP contribution is -2.22. The van der Waals surface area contributed by atoms with E-state index in [0.717, 1.165) is 0 Å². The van der Waals surface area contributed by atoms with Crippen molar-refractivity contribution in [2.75, 3.05) is 11.9 Å². The number of nitrogens with zero attached hydrogens (tertiary/aromatic N) is 1. The van der Waals surface area contributed by atoms with E-state index in [1.807, 2.05) is 0 Å². The lowest BCUT2D eigenvalue weighted by atomic mass is 10.1. The molecule has 0 aromatic heterocycles. The van der Waals surface area contributed by atoms with Gasteiger partial charge in [-0.2, -0.15) is 8.42 Å². The van der Waals surface area contributed by atoms with Gasteiger partial charge in [-0.25, -0.2) is 4.39 Å². The Morgan fingerprint density at radius 1 is 1.03 bits per heavy atom. The fraction of sp³-hybridized carbons (Fsp3) is 0.136. The van der Waals surface area contributed by atoms with Gasteiger partial charge in [0.05, 0.1) is 22.3 Å². The molecule has 0 aliphatic carbocycles. The highest BCUT2D eigenvalue weighted by Crippen LogP contribution is 2.39. The van der Waals surface area contributed by atoms with Crippen LogP contribution in [0.1, 0.15) is 18.1 Å². The van der Waals surface area contributed by atoms with Crippen LogP contribution in [0.15, 0.2) is 63.9 Å². The van der Waals surface area contributed by atoms with Crippen LogP contribution in [0.25, 0.3) is 0 Å². The largest absolute Gasteiger partial charge is 0.490 e. The first-order valence-corrected chi connectivity index (χ1v) is 11.7. The van der Waals surface area contributed by atoms with Crippen molar-refractivity contribution in [1.29, 1.82) is 0 Å². The molecule has 0 saturated carbocycles. The van der Waals surface area contributed by atoms with Crippen LogP contribution in [0.4, 0.5) is 10.1 Å². The molecule has 10 heteroatoms. The summed E-state index contributed by atoms with van der Waals surface area (Å²) in [5.41, 5.74) is 0.965. The van der Waals surface area contributed by atoms with E-state index in [2.05, 4.69) is 9.71 Å². The number of ether oxygens (including phenoxy) is 2. The molecular weight excluding hydrogens is 478 g/mol. The van der Waals surface area contributed by atoms with E-state index in [1.54, 1.807) is 37.3 Å². The maximum atomic E-state index is 14.1. The van der Waals surface area contributed by atoms with E-state index < -0.39 is 15.8 Å². The van der Waals surface area contributed by atoms with Crippen molar-refractivity contribution in [2.45, 2.75) is 18.4 Å². The average molecular weight is 495 g/mol. The lowest BCUT2D eigenvalue weighted by molar-refractivity contribution is 0.266. The summed E-state index contributed by atoms with van der Waals surface area (Å²) in [6.45, 7) is 1.89. The highest BCUT2D eigenvalue weighted by molar-refractivity contribution is 7.90. The second-order valence-corrected chi connectivity index (χ2v) is 9.13. The minimum Gasteiger partial charge on any atom is -0.490 e. The Morgan fingerprint density at radius 3 is 2.56 bits per heavy atom. The number of hydrogen-bond acceptors (Lipinski definition) is 5.